The lowest BCUT2D eigenvalue weighted by molar-refractivity contribution is -0.142. The zero-order chi connectivity index (χ0) is 22.2. The SMILES string of the molecule is Cc1cccc(CN(C(=O)COc2ccc(Cl)cc2)[C@H](C)C(=O)NC2CCCCC2)c1. The maximum absolute atomic E-state index is 13.1. The summed E-state index contributed by atoms with van der Waals surface area (Å²) in [5.41, 5.74) is 2.10. The van der Waals surface area contributed by atoms with E-state index in [9.17, 15) is 9.59 Å². The molecule has 0 bridgehead atoms. The van der Waals surface area contributed by atoms with Crippen molar-refractivity contribution in [1.29, 1.82) is 0 Å². The second-order valence-electron chi connectivity index (χ2n) is 8.27. The number of aryl methyl sites for hydroxylation is 1. The molecule has 1 N–H and O–H groups in total. The Bertz CT molecular complexity index is 879. The molecule has 1 fully saturated rings. The van der Waals surface area contributed by atoms with Crippen LogP contribution < -0.4 is 10.1 Å². The average molecular weight is 443 g/mol. The van der Waals surface area contributed by atoms with Crippen molar-refractivity contribution in [3.05, 3.63) is 64.7 Å². The Kier molecular flexibility index (Phi) is 8.35. The summed E-state index contributed by atoms with van der Waals surface area (Å²) in [4.78, 5) is 27.7. The van der Waals surface area contributed by atoms with Gasteiger partial charge in [-0.2, -0.15) is 0 Å². The van der Waals surface area contributed by atoms with Crippen LogP contribution in [0.2, 0.25) is 5.02 Å². The van der Waals surface area contributed by atoms with Gasteiger partial charge in [0.1, 0.15) is 11.8 Å². The Morgan fingerprint density at radius 2 is 1.84 bits per heavy atom. The van der Waals surface area contributed by atoms with Crippen molar-refractivity contribution in [3.63, 3.8) is 0 Å². The predicted molar refractivity (Wildman–Crippen MR) is 123 cm³/mol. The lowest BCUT2D eigenvalue weighted by Crippen LogP contribution is -2.51. The van der Waals surface area contributed by atoms with E-state index in [1.165, 1.54) is 6.42 Å². The fourth-order valence-electron chi connectivity index (χ4n) is 3.92. The van der Waals surface area contributed by atoms with Crippen LogP contribution in [0, 0.1) is 6.92 Å². The van der Waals surface area contributed by atoms with Gasteiger partial charge in [-0.3, -0.25) is 9.59 Å². The van der Waals surface area contributed by atoms with Crippen LogP contribution in [0.1, 0.15) is 50.2 Å². The largest absolute Gasteiger partial charge is 0.484 e. The first kappa shape index (κ1) is 23.1. The van der Waals surface area contributed by atoms with E-state index in [1.807, 2.05) is 31.2 Å². The molecule has 1 aliphatic carbocycles. The van der Waals surface area contributed by atoms with Crippen LogP contribution in [0.3, 0.4) is 0 Å². The van der Waals surface area contributed by atoms with Crippen molar-refractivity contribution in [2.75, 3.05) is 6.61 Å². The quantitative estimate of drug-likeness (QED) is 0.633. The van der Waals surface area contributed by atoms with Gasteiger partial charge in [-0.25, -0.2) is 0 Å². The summed E-state index contributed by atoms with van der Waals surface area (Å²) in [5, 5.41) is 3.75. The molecule has 5 nitrogen and oxygen atoms in total. The van der Waals surface area contributed by atoms with Crippen LogP contribution >= 0.6 is 11.6 Å². The molecule has 0 radical (unpaired) electrons. The number of carbonyl (C=O) groups excluding carboxylic acids is 2. The molecule has 0 spiro atoms. The molecule has 0 saturated heterocycles. The smallest absolute Gasteiger partial charge is 0.261 e. The zero-order valence-corrected chi connectivity index (χ0v) is 19.0. The third kappa shape index (κ3) is 7.00. The molecular formula is C25H31ClN2O3. The molecule has 1 aliphatic rings. The average Bonchev–Trinajstić information content (AvgIpc) is 2.77. The van der Waals surface area contributed by atoms with Gasteiger partial charge in [0.05, 0.1) is 0 Å². The van der Waals surface area contributed by atoms with E-state index in [0.29, 0.717) is 17.3 Å². The Balaban J connectivity index is 1.70. The first-order valence-electron chi connectivity index (χ1n) is 11.0. The van der Waals surface area contributed by atoms with Crippen molar-refractivity contribution in [2.45, 2.75) is 64.6 Å². The lowest BCUT2D eigenvalue weighted by atomic mass is 9.95. The molecule has 0 aromatic heterocycles. The molecule has 2 amide bonds. The molecule has 0 heterocycles. The molecule has 0 aliphatic heterocycles. The number of benzene rings is 2. The molecule has 31 heavy (non-hydrogen) atoms. The molecule has 1 saturated carbocycles. The van der Waals surface area contributed by atoms with E-state index in [2.05, 4.69) is 5.32 Å². The highest BCUT2D eigenvalue weighted by Crippen LogP contribution is 2.19. The number of nitrogens with one attached hydrogen (secondary N) is 1. The van der Waals surface area contributed by atoms with Crippen molar-refractivity contribution in [3.8, 4) is 5.75 Å². The van der Waals surface area contributed by atoms with E-state index >= 15 is 0 Å². The monoisotopic (exact) mass is 442 g/mol. The number of amides is 2. The lowest BCUT2D eigenvalue weighted by Gasteiger charge is -2.31. The van der Waals surface area contributed by atoms with E-state index < -0.39 is 6.04 Å². The molecular weight excluding hydrogens is 412 g/mol. The third-order valence-corrected chi connectivity index (χ3v) is 5.98. The van der Waals surface area contributed by atoms with E-state index in [-0.39, 0.29) is 24.5 Å². The number of hydrogen-bond acceptors (Lipinski definition) is 3. The highest BCUT2D eigenvalue weighted by Gasteiger charge is 2.28. The van der Waals surface area contributed by atoms with Crippen LogP contribution in [0.4, 0.5) is 0 Å². The fourth-order valence-corrected chi connectivity index (χ4v) is 4.04. The number of ether oxygens (including phenoxy) is 1. The topological polar surface area (TPSA) is 58.6 Å². The molecule has 0 unspecified atom stereocenters. The molecule has 6 heteroatoms. The fraction of sp³-hybridized carbons (Fsp3) is 0.440. The van der Waals surface area contributed by atoms with Crippen molar-refractivity contribution < 1.29 is 14.3 Å². The number of nitrogens with zero attached hydrogens (tertiary/aromatic N) is 1. The number of rotatable bonds is 8. The van der Waals surface area contributed by atoms with Crippen molar-refractivity contribution in [1.82, 2.24) is 10.2 Å². The summed E-state index contributed by atoms with van der Waals surface area (Å²) in [6.07, 6.45) is 5.51. The number of carbonyl (C=O) groups is 2. The zero-order valence-electron chi connectivity index (χ0n) is 18.3. The van der Waals surface area contributed by atoms with Gasteiger partial charge >= 0.3 is 0 Å². The Labute approximate surface area is 189 Å². The van der Waals surface area contributed by atoms with Crippen molar-refractivity contribution in [2.24, 2.45) is 0 Å². The van der Waals surface area contributed by atoms with Crippen LogP contribution in [0.5, 0.6) is 5.75 Å². The van der Waals surface area contributed by atoms with Crippen LogP contribution in [0.15, 0.2) is 48.5 Å². The van der Waals surface area contributed by atoms with E-state index in [1.54, 1.807) is 36.1 Å². The van der Waals surface area contributed by atoms with Crippen LogP contribution in [-0.2, 0) is 16.1 Å². The van der Waals surface area contributed by atoms with Gasteiger partial charge in [0.15, 0.2) is 6.61 Å². The van der Waals surface area contributed by atoms with Crippen molar-refractivity contribution >= 4 is 23.4 Å². The maximum atomic E-state index is 13.1. The normalized spacial score (nSPS) is 15.2. The third-order valence-electron chi connectivity index (χ3n) is 5.73. The summed E-state index contributed by atoms with van der Waals surface area (Å²) in [7, 11) is 0. The highest BCUT2D eigenvalue weighted by molar-refractivity contribution is 6.30. The summed E-state index contributed by atoms with van der Waals surface area (Å²) < 4.78 is 5.66. The molecule has 166 valence electrons. The van der Waals surface area contributed by atoms with Gasteiger partial charge in [-0.05, 0) is 56.5 Å². The summed E-state index contributed by atoms with van der Waals surface area (Å²) in [6.45, 7) is 4.00. The highest BCUT2D eigenvalue weighted by atomic mass is 35.5. The van der Waals surface area contributed by atoms with E-state index in [0.717, 1.165) is 36.8 Å². The molecule has 3 rings (SSSR count). The maximum Gasteiger partial charge on any atom is 0.261 e. The molecule has 2 aromatic carbocycles. The molecule has 2 aromatic rings. The van der Waals surface area contributed by atoms with Gasteiger partial charge < -0.3 is 15.0 Å². The second-order valence-corrected chi connectivity index (χ2v) is 8.71. The van der Waals surface area contributed by atoms with Gasteiger partial charge in [-0.15, -0.1) is 0 Å². The second kappa shape index (κ2) is 11.2. The van der Waals surface area contributed by atoms with E-state index in [4.69, 9.17) is 16.3 Å². The van der Waals surface area contributed by atoms with Gasteiger partial charge in [0, 0.05) is 17.6 Å². The first-order valence-corrected chi connectivity index (χ1v) is 11.3. The Morgan fingerprint density at radius 1 is 1.13 bits per heavy atom. The minimum Gasteiger partial charge on any atom is -0.484 e. The standard InChI is InChI=1S/C25H31ClN2O3/c1-18-7-6-8-20(15-18)16-28(19(2)25(30)27-22-9-4-3-5-10-22)24(29)17-31-23-13-11-21(26)12-14-23/h6-8,11-15,19,22H,3-5,9-10,16-17H2,1-2H3,(H,27,30)/t19-/m1/s1. The Morgan fingerprint density at radius 3 is 2.52 bits per heavy atom. The van der Waals surface area contributed by atoms with Gasteiger partial charge in [0.25, 0.3) is 5.91 Å². The minimum absolute atomic E-state index is 0.112. The van der Waals surface area contributed by atoms with Gasteiger partial charge in [0.2, 0.25) is 5.91 Å². The van der Waals surface area contributed by atoms with Crippen LogP contribution in [0.25, 0.3) is 0 Å². The molecule has 1 atom stereocenters. The number of halogens is 1. The number of hydrogen-bond donors (Lipinski definition) is 1. The van der Waals surface area contributed by atoms with Crippen LogP contribution in [-0.4, -0.2) is 35.4 Å². The minimum atomic E-state index is -0.594. The Hall–Kier alpha value is -2.53. The first-order chi connectivity index (χ1) is 14.9. The summed E-state index contributed by atoms with van der Waals surface area (Å²) >= 11 is 5.91. The summed E-state index contributed by atoms with van der Waals surface area (Å²) in [5.74, 6) is 0.217. The van der Waals surface area contributed by atoms with Gasteiger partial charge in [-0.1, -0.05) is 60.7 Å². The summed E-state index contributed by atoms with van der Waals surface area (Å²) in [6, 6.07) is 14.5. The predicted octanol–water partition coefficient (Wildman–Crippen LogP) is 4.89.